The van der Waals surface area contributed by atoms with Crippen molar-refractivity contribution in [1.82, 2.24) is 9.80 Å². The number of fused-ring (bicyclic) bond motifs is 2. The number of benzene rings is 5. The molecule has 0 fully saturated rings. The van der Waals surface area contributed by atoms with Crippen molar-refractivity contribution in [1.29, 1.82) is 0 Å². The number of nitrogen functional groups attached to an aromatic ring is 2. The lowest BCUT2D eigenvalue weighted by Gasteiger charge is -2.32. The van der Waals surface area contributed by atoms with Crippen LogP contribution in [-0.4, -0.2) is 55.6 Å². The molecule has 0 saturated carbocycles. The van der Waals surface area contributed by atoms with Crippen LogP contribution in [0.5, 0.6) is 0 Å². The fraction of sp³-hybridized carbons (Fsp3) is 0.520. The summed E-state index contributed by atoms with van der Waals surface area (Å²) in [7, 11) is 0. The van der Waals surface area contributed by atoms with Gasteiger partial charge in [0.15, 0.2) is 0 Å². The highest BCUT2D eigenvalue weighted by atomic mass is 16.6. The number of anilines is 2. The number of nitrogens with two attached hydrogens (primary N) is 2. The SMILES string of the molecule is CCCCCCCCCCCCC(N1C(=O)c2ccc3c4c(N)cc5c6c(ccc(c7c(N)cc(c2c37)C1=O)c64)C(=O)N(C(CCCCCCCCCCCC)[N+](=O)[O-])C5=O)[N+](=O)[O-]. The Balaban J connectivity index is 1.17. The van der Waals surface area contributed by atoms with Crippen molar-refractivity contribution in [3.63, 3.8) is 0 Å². The van der Waals surface area contributed by atoms with Crippen LogP contribution in [0.4, 0.5) is 11.4 Å². The van der Waals surface area contributed by atoms with Gasteiger partial charge in [0.25, 0.3) is 36.0 Å². The molecule has 5 aromatic rings. The lowest BCUT2D eigenvalue weighted by molar-refractivity contribution is -0.542. The maximum absolute atomic E-state index is 14.3. The fourth-order valence-electron chi connectivity index (χ4n) is 10.4. The molecule has 2 aliphatic heterocycles. The van der Waals surface area contributed by atoms with Crippen LogP contribution in [0.1, 0.15) is 197 Å². The normalized spacial score (nSPS) is 14.8. The molecule has 0 saturated heterocycles. The first-order valence-electron chi connectivity index (χ1n) is 23.8. The molecule has 4 amide bonds. The highest BCUT2D eigenvalue weighted by Gasteiger charge is 2.46. The molecule has 0 aromatic heterocycles. The van der Waals surface area contributed by atoms with Crippen LogP contribution in [-0.2, 0) is 0 Å². The first-order chi connectivity index (χ1) is 30.9. The van der Waals surface area contributed by atoms with E-state index in [0.717, 1.165) is 61.2 Å². The van der Waals surface area contributed by atoms with Gasteiger partial charge in [0.2, 0.25) is 0 Å². The van der Waals surface area contributed by atoms with E-state index in [4.69, 9.17) is 11.5 Å². The summed E-state index contributed by atoms with van der Waals surface area (Å²) in [6.45, 7) is 4.38. The van der Waals surface area contributed by atoms with E-state index in [9.17, 15) is 39.4 Å². The number of imide groups is 2. The average molecular weight is 875 g/mol. The van der Waals surface area contributed by atoms with Gasteiger partial charge in [0.1, 0.15) is 0 Å². The monoisotopic (exact) mass is 874 g/mol. The van der Waals surface area contributed by atoms with Gasteiger partial charge in [-0.15, -0.1) is 0 Å². The summed E-state index contributed by atoms with van der Waals surface area (Å²) in [5.41, 5.74) is 14.3. The van der Waals surface area contributed by atoms with Crippen LogP contribution in [0.15, 0.2) is 36.4 Å². The van der Waals surface area contributed by atoms with Crippen molar-refractivity contribution in [2.75, 3.05) is 11.5 Å². The quantitative estimate of drug-likeness (QED) is 0.0102. The summed E-state index contributed by atoms with van der Waals surface area (Å²) in [6, 6.07) is 9.29. The molecule has 0 spiro atoms. The summed E-state index contributed by atoms with van der Waals surface area (Å²) >= 11 is 0. The molecular formula is C50H62N6O8. The van der Waals surface area contributed by atoms with Crippen LogP contribution in [0, 0.1) is 20.2 Å². The Bertz CT molecular complexity index is 2430. The van der Waals surface area contributed by atoms with E-state index in [0.29, 0.717) is 55.9 Å². The van der Waals surface area contributed by atoms with E-state index < -0.39 is 45.8 Å². The van der Waals surface area contributed by atoms with E-state index in [-0.39, 0.29) is 46.5 Å². The van der Waals surface area contributed by atoms with E-state index in [1.54, 1.807) is 12.1 Å². The number of rotatable bonds is 26. The Hall–Kier alpha value is -5.92. The third kappa shape index (κ3) is 8.67. The average Bonchev–Trinajstić information content (AvgIpc) is 3.27. The molecule has 14 heteroatoms. The number of hydrogen-bond acceptors (Lipinski definition) is 10. The van der Waals surface area contributed by atoms with Gasteiger partial charge in [-0.1, -0.05) is 142 Å². The predicted octanol–water partition coefficient (Wildman–Crippen LogP) is 11.9. The van der Waals surface area contributed by atoms with Crippen LogP contribution in [0.3, 0.4) is 0 Å². The lowest BCUT2D eigenvalue weighted by Crippen LogP contribution is -2.50. The highest BCUT2D eigenvalue weighted by Crippen LogP contribution is 2.50. The van der Waals surface area contributed by atoms with Crippen LogP contribution in [0.2, 0.25) is 0 Å². The minimum Gasteiger partial charge on any atom is -0.398 e. The van der Waals surface area contributed by atoms with Crippen LogP contribution >= 0.6 is 0 Å². The predicted molar refractivity (Wildman–Crippen MR) is 252 cm³/mol. The Morgan fingerprint density at radius 2 is 0.734 bits per heavy atom. The zero-order valence-corrected chi connectivity index (χ0v) is 37.4. The fourth-order valence-corrected chi connectivity index (χ4v) is 10.4. The van der Waals surface area contributed by atoms with Crippen molar-refractivity contribution in [2.45, 2.75) is 167 Å². The third-order valence-corrected chi connectivity index (χ3v) is 13.7. The minimum absolute atomic E-state index is 0.0261. The molecule has 2 atom stereocenters. The van der Waals surface area contributed by atoms with Crippen LogP contribution in [0.25, 0.3) is 43.1 Å². The standard InChI is InChI=1S/C50H62N6O8/c1-3-5-7-9-11-13-15-17-19-21-23-39(55(61)62)53-47(57)33-27-25-31-44-38(52)30-36-42-34(28-26-32(46(42)44)43-37(51)29-35(49(53)59)41(33)45(31)43)48(58)54(50(36)60)40(56(63)64)24-22-20-18-16-14-12-10-8-6-4-2/h25-30,39-40H,3-24,51-52H2,1-2H3. The largest absolute Gasteiger partial charge is 0.398 e. The van der Waals surface area contributed by atoms with E-state index in [2.05, 4.69) is 13.8 Å². The molecule has 2 unspecified atom stereocenters. The number of carbonyl (C=O) groups excluding carboxylic acids is 4. The molecule has 0 bridgehead atoms. The number of nitro groups is 2. The topological polar surface area (TPSA) is 213 Å². The lowest BCUT2D eigenvalue weighted by atomic mass is 9.81. The molecular weight excluding hydrogens is 813 g/mol. The van der Waals surface area contributed by atoms with Gasteiger partial charge < -0.3 is 11.5 Å². The second-order valence-electron chi connectivity index (χ2n) is 18.0. The Morgan fingerprint density at radius 1 is 0.438 bits per heavy atom. The van der Waals surface area contributed by atoms with E-state index in [1.165, 1.54) is 88.5 Å². The first kappa shape index (κ1) is 46.1. The second-order valence-corrected chi connectivity index (χ2v) is 18.0. The van der Waals surface area contributed by atoms with Crippen molar-refractivity contribution in [3.05, 3.63) is 78.9 Å². The van der Waals surface area contributed by atoms with E-state index in [1.807, 2.05) is 0 Å². The molecule has 64 heavy (non-hydrogen) atoms. The minimum atomic E-state index is -1.56. The summed E-state index contributed by atoms with van der Waals surface area (Å²) in [5.74, 6) is -3.15. The van der Waals surface area contributed by atoms with Gasteiger partial charge >= 0.3 is 0 Å². The van der Waals surface area contributed by atoms with E-state index >= 15 is 0 Å². The Labute approximate surface area is 373 Å². The van der Waals surface area contributed by atoms with Gasteiger partial charge in [0, 0.05) is 77.5 Å². The number of amides is 4. The summed E-state index contributed by atoms with van der Waals surface area (Å²) in [5, 5.41) is 28.5. The number of nitrogens with zero attached hydrogens (tertiary/aromatic N) is 4. The Kier molecular flexibility index (Phi) is 14.6. The first-order valence-corrected chi connectivity index (χ1v) is 23.8. The third-order valence-electron chi connectivity index (χ3n) is 13.7. The molecule has 5 aromatic carbocycles. The van der Waals surface area contributed by atoms with Gasteiger partial charge in [-0.3, -0.25) is 39.4 Å². The number of carbonyl (C=O) groups is 4. The van der Waals surface area contributed by atoms with Crippen LogP contribution < -0.4 is 11.5 Å². The van der Waals surface area contributed by atoms with Crippen molar-refractivity contribution in [2.24, 2.45) is 0 Å². The molecule has 0 aliphatic carbocycles. The number of hydrogen-bond donors (Lipinski definition) is 2. The molecule has 7 rings (SSSR count). The van der Waals surface area contributed by atoms with Gasteiger partial charge in [0.05, 0.1) is 11.1 Å². The summed E-state index contributed by atoms with van der Waals surface area (Å²) in [4.78, 5) is 82.7. The highest BCUT2D eigenvalue weighted by molar-refractivity contribution is 6.44. The zero-order valence-electron chi connectivity index (χ0n) is 37.4. The molecule has 0 radical (unpaired) electrons. The zero-order chi connectivity index (χ0) is 45.7. The smallest absolute Gasteiger partial charge is 0.296 e. The van der Waals surface area contributed by atoms with Gasteiger partial charge in [-0.05, 0) is 47.9 Å². The maximum Gasteiger partial charge on any atom is 0.296 e. The molecule has 4 N–H and O–H groups in total. The molecule has 2 aliphatic rings. The summed E-state index contributed by atoms with van der Waals surface area (Å²) < 4.78 is 0. The Morgan fingerprint density at radius 3 is 1.05 bits per heavy atom. The second kappa shape index (κ2) is 20.3. The maximum atomic E-state index is 14.3. The van der Waals surface area contributed by atoms with Crippen molar-refractivity contribution >= 4 is 78.1 Å². The molecule has 340 valence electrons. The van der Waals surface area contributed by atoms with Crippen molar-refractivity contribution in [3.8, 4) is 0 Å². The van der Waals surface area contributed by atoms with Gasteiger partial charge in [-0.25, -0.2) is 9.80 Å². The molecule has 14 nitrogen and oxygen atoms in total. The summed E-state index contributed by atoms with van der Waals surface area (Å²) in [6.07, 6.45) is 17.7. The molecule has 2 heterocycles. The van der Waals surface area contributed by atoms with Crippen molar-refractivity contribution < 1.29 is 29.0 Å². The van der Waals surface area contributed by atoms with Gasteiger partial charge in [-0.2, -0.15) is 0 Å². The number of unbranched alkanes of at least 4 members (excludes halogenated alkanes) is 18.